The third kappa shape index (κ3) is 6.67. The first-order valence-electron chi connectivity index (χ1n) is 9.80. The van der Waals surface area contributed by atoms with E-state index in [0.717, 1.165) is 11.3 Å². The number of rotatable bonds is 7. The Kier molecular flexibility index (Phi) is 9.63. The molecular formula is C25H21FN4O2S. The number of nitrogens with two attached hydrogens (primary N) is 1. The first-order valence-corrected chi connectivity index (χ1v) is 10.8. The summed E-state index contributed by atoms with van der Waals surface area (Å²) < 4.78 is 17.6. The van der Waals surface area contributed by atoms with E-state index in [1.54, 1.807) is 30.3 Å². The summed E-state index contributed by atoms with van der Waals surface area (Å²) in [6.07, 6.45) is 2.34. The first kappa shape index (κ1) is 25.1. The van der Waals surface area contributed by atoms with Crippen molar-refractivity contribution in [2.75, 3.05) is 18.1 Å². The first-order chi connectivity index (χ1) is 16.0. The van der Waals surface area contributed by atoms with Crippen molar-refractivity contribution < 1.29 is 13.9 Å². The summed E-state index contributed by atoms with van der Waals surface area (Å²) in [7, 11) is 0. The zero-order valence-corrected chi connectivity index (χ0v) is 18.7. The molecule has 3 aromatic rings. The van der Waals surface area contributed by atoms with Crippen LogP contribution in [0.25, 0.3) is 11.1 Å². The molecule has 0 unspecified atom stereocenters. The molecule has 166 valence electrons. The molecule has 3 rings (SSSR count). The van der Waals surface area contributed by atoms with Gasteiger partial charge in [-0.3, -0.25) is 4.79 Å². The van der Waals surface area contributed by atoms with Gasteiger partial charge >= 0.3 is 0 Å². The van der Waals surface area contributed by atoms with E-state index in [-0.39, 0.29) is 17.2 Å². The Morgan fingerprint density at radius 1 is 1.12 bits per heavy atom. The van der Waals surface area contributed by atoms with Crippen LogP contribution in [-0.2, 0) is 0 Å². The van der Waals surface area contributed by atoms with E-state index in [9.17, 15) is 19.7 Å². The van der Waals surface area contributed by atoms with Gasteiger partial charge < -0.3 is 10.5 Å². The lowest BCUT2D eigenvalue weighted by Crippen LogP contribution is -2.03. The summed E-state index contributed by atoms with van der Waals surface area (Å²) in [4.78, 5) is 14.2. The SMILES string of the molecule is C=CCOc1ccc(-c2c(C#N)c(N)nc(SCC)c2C#N)cc1.O=Cc1ccc(F)cc1. The van der Waals surface area contributed by atoms with Crippen LogP contribution in [0.3, 0.4) is 0 Å². The van der Waals surface area contributed by atoms with Crippen molar-refractivity contribution in [1.82, 2.24) is 4.98 Å². The molecule has 0 aliphatic heterocycles. The molecule has 6 nitrogen and oxygen atoms in total. The van der Waals surface area contributed by atoms with Gasteiger partial charge in [-0.05, 0) is 47.7 Å². The Labute approximate surface area is 196 Å². The fraction of sp³-hybridized carbons (Fsp3) is 0.120. The fourth-order valence-corrected chi connectivity index (χ4v) is 3.47. The van der Waals surface area contributed by atoms with Gasteiger partial charge in [0.1, 0.15) is 53.0 Å². The lowest BCUT2D eigenvalue weighted by atomic mass is 9.97. The number of nitrogen functional groups attached to an aromatic ring is 1. The van der Waals surface area contributed by atoms with Gasteiger partial charge in [0, 0.05) is 11.1 Å². The molecule has 1 heterocycles. The summed E-state index contributed by atoms with van der Waals surface area (Å²) in [5, 5.41) is 19.6. The molecule has 0 saturated carbocycles. The number of hydrogen-bond donors (Lipinski definition) is 1. The lowest BCUT2D eigenvalue weighted by molar-refractivity contribution is 0.112. The Morgan fingerprint density at radius 2 is 1.76 bits per heavy atom. The van der Waals surface area contributed by atoms with Gasteiger partial charge in [0.05, 0.1) is 5.56 Å². The van der Waals surface area contributed by atoms with Gasteiger partial charge in [0.25, 0.3) is 0 Å². The largest absolute Gasteiger partial charge is 0.490 e. The summed E-state index contributed by atoms with van der Waals surface area (Å²) in [6, 6.07) is 16.8. The van der Waals surface area contributed by atoms with Crippen molar-refractivity contribution in [3.05, 3.63) is 83.7 Å². The highest BCUT2D eigenvalue weighted by Gasteiger charge is 2.20. The van der Waals surface area contributed by atoms with Crippen molar-refractivity contribution in [1.29, 1.82) is 10.5 Å². The smallest absolute Gasteiger partial charge is 0.150 e. The van der Waals surface area contributed by atoms with Crippen LogP contribution >= 0.6 is 11.8 Å². The number of ether oxygens (including phenoxy) is 1. The second kappa shape index (κ2) is 12.7. The molecule has 0 aliphatic rings. The number of aldehydes is 1. The van der Waals surface area contributed by atoms with Gasteiger partial charge in [-0.25, -0.2) is 9.37 Å². The van der Waals surface area contributed by atoms with E-state index in [4.69, 9.17) is 10.5 Å². The zero-order chi connectivity index (χ0) is 24.2. The van der Waals surface area contributed by atoms with Crippen LogP contribution in [0.4, 0.5) is 10.2 Å². The quantitative estimate of drug-likeness (QED) is 0.286. The Hall–Kier alpha value is -4.14. The minimum absolute atomic E-state index is 0.134. The Bertz CT molecular complexity index is 1200. The summed E-state index contributed by atoms with van der Waals surface area (Å²) in [6.45, 7) is 5.98. The number of anilines is 1. The molecule has 8 heteroatoms. The van der Waals surface area contributed by atoms with Crippen molar-refractivity contribution in [3.63, 3.8) is 0 Å². The van der Waals surface area contributed by atoms with Gasteiger partial charge in [0.15, 0.2) is 0 Å². The number of benzene rings is 2. The van der Waals surface area contributed by atoms with Gasteiger partial charge in [-0.1, -0.05) is 31.7 Å². The van der Waals surface area contributed by atoms with E-state index in [1.807, 2.05) is 6.92 Å². The van der Waals surface area contributed by atoms with Gasteiger partial charge in [-0.2, -0.15) is 10.5 Å². The van der Waals surface area contributed by atoms with E-state index in [0.29, 0.717) is 40.4 Å². The number of hydrogen-bond acceptors (Lipinski definition) is 7. The lowest BCUT2D eigenvalue weighted by Gasteiger charge is -2.13. The number of carbonyl (C=O) groups excluding carboxylic acids is 1. The number of nitrogens with zero attached hydrogens (tertiary/aromatic N) is 3. The maximum absolute atomic E-state index is 12.1. The molecule has 1 aromatic heterocycles. The number of halogens is 1. The molecular weight excluding hydrogens is 439 g/mol. The number of thioether (sulfide) groups is 1. The highest BCUT2D eigenvalue weighted by Crippen LogP contribution is 2.36. The summed E-state index contributed by atoms with van der Waals surface area (Å²) in [5.41, 5.74) is 8.24. The van der Waals surface area contributed by atoms with Crippen LogP contribution < -0.4 is 10.5 Å². The van der Waals surface area contributed by atoms with E-state index in [2.05, 4.69) is 23.7 Å². The van der Waals surface area contributed by atoms with Crippen LogP contribution in [-0.4, -0.2) is 23.6 Å². The molecule has 0 aliphatic carbocycles. The standard InChI is InChI=1S/C18H16N4OS.C7H5FO/c1-3-9-23-13-7-5-12(6-8-13)16-14(10-19)17(21)22-18(24-4-2)15(16)11-20;8-7-3-1-6(5-9)2-4-7/h3,5-8H,1,4,9H2,2H3,(H2,21,22);1-5H. The minimum Gasteiger partial charge on any atom is -0.490 e. The van der Waals surface area contributed by atoms with Crippen LogP contribution in [0.5, 0.6) is 5.75 Å². The molecule has 2 N–H and O–H groups in total. The topological polar surface area (TPSA) is 113 Å². The normalized spacial score (nSPS) is 9.58. The molecule has 0 spiro atoms. The number of carbonyl (C=O) groups is 1. The van der Waals surface area contributed by atoms with Gasteiger partial charge in [-0.15, -0.1) is 11.8 Å². The van der Waals surface area contributed by atoms with Crippen molar-refractivity contribution in [3.8, 4) is 29.0 Å². The van der Waals surface area contributed by atoms with Crippen LogP contribution in [0.15, 0.2) is 66.2 Å². The maximum Gasteiger partial charge on any atom is 0.150 e. The summed E-state index contributed by atoms with van der Waals surface area (Å²) in [5.74, 6) is 1.25. The molecule has 0 fully saturated rings. The summed E-state index contributed by atoms with van der Waals surface area (Å²) >= 11 is 1.42. The number of aromatic nitrogens is 1. The molecule has 33 heavy (non-hydrogen) atoms. The van der Waals surface area contributed by atoms with Crippen molar-refractivity contribution >= 4 is 23.9 Å². The van der Waals surface area contributed by atoms with Gasteiger partial charge in [0.2, 0.25) is 0 Å². The third-order valence-electron chi connectivity index (χ3n) is 4.21. The third-order valence-corrected chi connectivity index (χ3v) is 5.07. The number of nitriles is 2. The van der Waals surface area contributed by atoms with Crippen LogP contribution in [0, 0.1) is 28.5 Å². The second-order valence-corrected chi connectivity index (χ2v) is 7.63. The van der Waals surface area contributed by atoms with E-state index < -0.39 is 0 Å². The minimum atomic E-state index is -0.319. The maximum atomic E-state index is 12.1. The van der Waals surface area contributed by atoms with Crippen molar-refractivity contribution in [2.45, 2.75) is 11.9 Å². The highest BCUT2D eigenvalue weighted by molar-refractivity contribution is 7.99. The molecule has 0 saturated heterocycles. The molecule has 0 amide bonds. The number of pyridine rings is 1. The Morgan fingerprint density at radius 3 is 2.27 bits per heavy atom. The van der Waals surface area contributed by atoms with E-state index in [1.165, 1.54) is 36.0 Å². The second-order valence-electron chi connectivity index (χ2n) is 6.38. The fourth-order valence-electron chi connectivity index (χ4n) is 2.74. The molecule has 0 bridgehead atoms. The van der Waals surface area contributed by atoms with E-state index >= 15 is 0 Å². The monoisotopic (exact) mass is 460 g/mol. The molecule has 2 aromatic carbocycles. The van der Waals surface area contributed by atoms with Crippen LogP contribution in [0.1, 0.15) is 28.4 Å². The predicted octanol–water partition coefficient (Wildman–Crippen LogP) is 5.39. The highest BCUT2D eigenvalue weighted by atomic mass is 32.2. The predicted molar refractivity (Wildman–Crippen MR) is 127 cm³/mol. The molecule has 0 atom stereocenters. The molecule has 0 radical (unpaired) electrons. The average Bonchev–Trinajstić information content (AvgIpc) is 2.84. The van der Waals surface area contributed by atoms with Crippen molar-refractivity contribution in [2.24, 2.45) is 0 Å². The van der Waals surface area contributed by atoms with Crippen LogP contribution in [0.2, 0.25) is 0 Å². The Balaban J connectivity index is 0.000000357. The average molecular weight is 461 g/mol. The zero-order valence-electron chi connectivity index (χ0n) is 17.9.